The normalized spacial score (nSPS) is 21.5. The quantitative estimate of drug-likeness (QED) is 0.868. The van der Waals surface area contributed by atoms with E-state index in [4.69, 9.17) is 15.2 Å². The fraction of sp³-hybridized carbons (Fsp3) is 0.529. The number of hydrogen-bond donors (Lipinski definition) is 2. The van der Waals surface area contributed by atoms with E-state index in [-0.39, 0.29) is 5.91 Å². The molecular formula is C17H22N4O3. The average molecular weight is 330 g/mol. The third-order valence-electron chi connectivity index (χ3n) is 4.93. The highest BCUT2D eigenvalue weighted by molar-refractivity contribution is 5.83. The predicted molar refractivity (Wildman–Crippen MR) is 88.2 cm³/mol. The van der Waals surface area contributed by atoms with Crippen molar-refractivity contribution in [1.82, 2.24) is 15.1 Å². The SMILES string of the molecule is NC(Cc1ccc2[nH]ncc2c1)C(=O)N1CCC2(CC1)OCCO2. The number of carbonyl (C=O) groups excluding carboxylic acids is 1. The predicted octanol–water partition coefficient (Wildman–Crippen LogP) is 0.798. The lowest BCUT2D eigenvalue weighted by Gasteiger charge is -2.38. The van der Waals surface area contributed by atoms with Gasteiger partial charge in [-0.1, -0.05) is 6.07 Å². The lowest BCUT2D eigenvalue weighted by atomic mass is 10.0. The van der Waals surface area contributed by atoms with Gasteiger partial charge in [-0.25, -0.2) is 0 Å². The maximum Gasteiger partial charge on any atom is 0.239 e. The van der Waals surface area contributed by atoms with E-state index in [1.807, 2.05) is 23.1 Å². The molecule has 7 heteroatoms. The summed E-state index contributed by atoms with van der Waals surface area (Å²) in [6.07, 6.45) is 3.73. The molecule has 0 aliphatic carbocycles. The number of nitrogens with zero attached hydrogens (tertiary/aromatic N) is 2. The Balaban J connectivity index is 1.37. The van der Waals surface area contributed by atoms with Crippen molar-refractivity contribution >= 4 is 16.8 Å². The first-order valence-corrected chi connectivity index (χ1v) is 8.40. The molecule has 0 bridgehead atoms. The van der Waals surface area contributed by atoms with Crippen LogP contribution in [0.5, 0.6) is 0 Å². The Hall–Kier alpha value is -1.96. The number of amides is 1. The lowest BCUT2D eigenvalue weighted by Crippen LogP contribution is -2.52. The Morgan fingerprint density at radius 3 is 2.83 bits per heavy atom. The zero-order valence-electron chi connectivity index (χ0n) is 13.5. The number of likely N-dealkylation sites (tertiary alicyclic amines) is 1. The molecule has 0 radical (unpaired) electrons. The van der Waals surface area contributed by atoms with Crippen LogP contribution in [0.2, 0.25) is 0 Å². The molecule has 7 nitrogen and oxygen atoms in total. The topological polar surface area (TPSA) is 93.5 Å². The van der Waals surface area contributed by atoms with Crippen LogP contribution in [0.4, 0.5) is 0 Å². The molecule has 1 amide bonds. The van der Waals surface area contributed by atoms with E-state index in [1.165, 1.54) is 0 Å². The van der Waals surface area contributed by atoms with Gasteiger partial charge >= 0.3 is 0 Å². The van der Waals surface area contributed by atoms with Crippen LogP contribution < -0.4 is 5.73 Å². The first kappa shape index (κ1) is 15.6. The van der Waals surface area contributed by atoms with Crippen LogP contribution in [0.15, 0.2) is 24.4 Å². The van der Waals surface area contributed by atoms with Crippen molar-refractivity contribution < 1.29 is 14.3 Å². The molecule has 3 N–H and O–H groups in total. The van der Waals surface area contributed by atoms with E-state index in [2.05, 4.69) is 10.2 Å². The third kappa shape index (κ3) is 2.90. The molecule has 1 aromatic carbocycles. The molecule has 1 unspecified atom stereocenters. The summed E-state index contributed by atoms with van der Waals surface area (Å²) in [5.74, 6) is -0.470. The zero-order valence-corrected chi connectivity index (χ0v) is 13.5. The second kappa shape index (κ2) is 6.16. The Morgan fingerprint density at radius 1 is 1.33 bits per heavy atom. The number of rotatable bonds is 3. The van der Waals surface area contributed by atoms with E-state index in [9.17, 15) is 4.79 Å². The van der Waals surface area contributed by atoms with E-state index in [1.54, 1.807) is 6.20 Å². The van der Waals surface area contributed by atoms with Crippen LogP contribution in [0.1, 0.15) is 18.4 Å². The van der Waals surface area contributed by atoms with Crippen molar-refractivity contribution in [3.05, 3.63) is 30.0 Å². The highest BCUT2D eigenvalue weighted by Gasteiger charge is 2.41. The Kier molecular flexibility index (Phi) is 3.99. The number of carbonyl (C=O) groups is 1. The maximum atomic E-state index is 12.6. The molecule has 1 spiro atoms. The molecule has 2 aliphatic heterocycles. The number of ether oxygens (including phenoxy) is 2. The van der Waals surface area contributed by atoms with Crippen molar-refractivity contribution in [1.29, 1.82) is 0 Å². The van der Waals surface area contributed by atoms with E-state index < -0.39 is 11.8 Å². The van der Waals surface area contributed by atoms with E-state index in [0.29, 0.717) is 45.6 Å². The standard InChI is InChI=1S/C17H22N4O3/c18-14(10-12-1-2-15-13(9-12)11-19-20-15)16(22)21-5-3-17(4-6-21)23-7-8-24-17/h1-2,9,11,14H,3-8,10,18H2,(H,19,20). The van der Waals surface area contributed by atoms with E-state index in [0.717, 1.165) is 16.5 Å². The number of nitrogens with one attached hydrogen (secondary N) is 1. The molecule has 128 valence electrons. The van der Waals surface area contributed by atoms with Gasteiger partial charge in [0.25, 0.3) is 0 Å². The highest BCUT2D eigenvalue weighted by Crippen LogP contribution is 2.31. The van der Waals surface area contributed by atoms with Gasteiger partial charge in [0.05, 0.1) is 31.0 Å². The van der Waals surface area contributed by atoms with Crippen LogP contribution in [0.3, 0.4) is 0 Å². The van der Waals surface area contributed by atoms with E-state index >= 15 is 0 Å². The molecular weight excluding hydrogens is 308 g/mol. The van der Waals surface area contributed by atoms with Gasteiger partial charge in [-0.15, -0.1) is 0 Å². The first-order chi connectivity index (χ1) is 11.7. The van der Waals surface area contributed by atoms with Crippen molar-refractivity contribution in [2.75, 3.05) is 26.3 Å². The number of H-pyrrole nitrogens is 1. The van der Waals surface area contributed by atoms with Crippen molar-refractivity contribution in [2.45, 2.75) is 31.1 Å². The Labute approximate surface area is 140 Å². The fourth-order valence-electron chi connectivity index (χ4n) is 3.55. The van der Waals surface area contributed by atoms with Crippen LogP contribution in [-0.2, 0) is 20.7 Å². The van der Waals surface area contributed by atoms with Crippen LogP contribution in [-0.4, -0.2) is 59.1 Å². The molecule has 4 rings (SSSR count). The number of benzene rings is 1. The van der Waals surface area contributed by atoms with Gasteiger partial charge in [-0.2, -0.15) is 5.10 Å². The maximum absolute atomic E-state index is 12.6. The summed E-state index contributed by atoms with van der Waals surface area (Å²) in [4.78, 5) is 14.5. The summed E-state index contributed by atoms with van der Waals surface area (Å²) in [6.45, 7) is 2.55. The number of nitrogens with two attached hydrogens (primary N) is 1. The largest absolute Gasteiger partial charge is 0.347 e. The highest BCUT2D eigenvalue weighted by atomic mass is 16.7. The summed E-state index contributed by atoms with van der Waals surface area (Å²) < 4.78 is 11.4. The van der Waals surface area contributed by atoms with Gasteiger partial charge in [0, 0.05) is 31.3 Å². The minimum absolute atomic E-state index is 0.00450. The number of aromatic amines is 1. The van der Waals surface area contributed by atoms with Gasteiger partial charge in [-0.05, 0) is 24.1 Å². The Morgan fingerprint density at radius 2 is 2.08 bits per heavy atom. The van der Waals surface area contributed by atoms with Crippen LogP contribution >= 0.6 is 0 Å². The minimum atomic E-state index is -0.534. The van der Waals surface area contributed by atoms with Crippen LogP contribution in [0.25, 0.3) is 10.9 Å². The summed E-state index contributed by atoms with van der Waals surface area (Å²) >= 11 is 0. The molecule has 2 aromatic rings. The van der Waals surface area contributed by atoms with Gasteiger partial charge in [-0.3, -0.25) is 9.89 Å². The van der Waals surface area contributed by atoms with Crippen molar-refractivity contribution in [2.24, 2.45) is 5.73 Å². The third-order valence-corrected chi connectivity index (χ3v) is 4.93. The summed E-state index contributed by atoms with van der Waals surface area (Å²) in [5.41, 5.74) is 8.19. The van der Waals surface area contributed by atoms with Crippen molar-refractivity contribution in [3.8, 4) is 0 Å². The van der Waals surface area contributed by atoms with Gasteiger partial charge in [0.2, 0.25) is 5.91 Å². The smallest absolute Gasteiger partial charge is 0.239 e. The zero-order chi connectivity index (χ0) is 16.6. The number of fused-ring (bicyclic) bond motifs is 1. The van der Waals surface area contributed by atoms with Gasteiger partial charge < -0.3 is 20.1 Å². The molecule has 2 saturated heterocycles. The molecule has 1 aromatic heterocycles. The Bertz CT molecular complexity index is 728. The summed E-state index contributed by atoms with van der Waals surface area (Å²) in [7, 11) is 0. The monoisotopic (exact) mass is 330 g/mol. The minimum Gasteiger partial charge on any atom is -0.347 e. The molecule has 24 heavy (non-hydrogen) atoms. The second-order valence-corrected chi connectivity index (χ2v) is 6.54. The molecule has 0 saturated carbocycles. The summed E-state index contributed by atoms with van der Waals surface area (Å²) in [5, 5.41) is 7.96. The number of hydrogen-bond acceptors (Lipinski definition) is 5. The number of piperidine rings is 1. The lowest BCUT2D eigenvalue weighted by molar-refractivity contribution is -0.187. The second-order valence-electron chi connectivity index (χ2n) is 6.54. The van der Waals surface area contributed by atoms with Crippen molar-refractivity contribution in [3.63, 3.8) is 0 Å². The molecule has 3 heterocycles. The molecule has 1 atom stereocenters. The van der Waals surface area contributed by atoms with Crippen LogP contribution in [0, 0.1) is 0 Å². The first-order valence-electron chi connectivity index (χ1n) is 8.40. The van der Waals surface area contributed by atoms with Gasteiger partial charge in [0.15, 0.2) is 5.79 Å². The fourth-order valence-corrected chi connectivity index (χ4v) is 3.55. The number of aromatic nitrogens is 2. The molecule has 2 fully saturated rings. The van der Waals surface area contributed by atoms with Gasteiger partial charge in [0.1, 0.15) is 0 Å². The average Bonchev–Trinajstić information content (AvgIpc) is 3.24. The molecule has 2 aliphatic rings. The summed E-state index contributed by atoms with van der Waals surface area (Å²) in [6, 6.07) is 5.44.